The van der Waals surface area contributed by atoms with E-state index >= 15 is 0 Å². The van der Waals surface area contributed by atoms with Crippen molar-refractivity contribution in [3.8, 4) is 0 Å². The van der Waals surface area contributed by atoms with Gasteiger partial charge >= 0.3 is 0 Å². The van der Waals surface area contributed by atoms with E-state index in [0.29, 0.717) is 19.0 Å². The molecule has 0 aromatic rings. The predicted molar refractivity (Wildman–Crippen MR) is 48.1 cm³/mol. The number of hydrogen-bond donors (Lipinski definition) is 1. The van der Waals surface area contributed by atoms with Gasteiger partial charge in [-0.25, -0.2) is 0 Å². The van der Waals surface area contributed by atoms with Gasteiger partial charge < -0.3 is 15.4 Å². The van der Waals surface area contributed by atoms with Gasteiger partial charge in [-0.1, -0.05) is 0 Å². The smallest absolute Gasteiger partial charge is 0.219 e. The van der Waals surface area contributed by atoms with Crippen LogP contribution in [-0.2, 0) is 9.53 Å². The Morgan fingerprint density at radius 3 is 3.08 bits per heavy atom. The maximum absolute atomic E-state index is 11.2. The Morgan fingerprint density at radius 1 is 1.77 bits per heavy atom. The van der Waals surface area contributed by atoms with Crippen molar-refractivity contribution >= 4 is 5.91 Å². The van der Waals surface area contributed by atoms with E-state index in [9.17, 15) is 4.79 Å². The fraction of sp³-hybridized carbons (Fsp3) is 0.889. The summed E-state index contributed by atoms with van der Waals surface area (Å²) >= 11 is 0. The molecule has 2 unspecified atom stereocenters. The first-order valence-electron chi connectivity index (χ1n) is 4.77. The van der Waals surface area contributed by atoms with Gasteiger partial charge in [0.15, 0.2) is 0 Å². The van der Waals surface area contributed by atoms with E-state index in [1.807, 2.05) is 4.90 Å². The van der Waals surface area contributed by atoms with Crippen LogP contribution in [0, 0.1) is 5.92 Å². The number of carbonyl (C=O) groups is 1. The normalized spacial score (nSPS) is 38.0. The Morgan fingerprint density at radius 2 is 2.54 bits per heavy atom. The van der Waals surface area contributed by atoms with Crippen LogP contribution in [0.4, 0.5) is 0 Å². The zero-order valence-corrected chi connectivity index (χ0v) is 7.95. The summed E-state index contributed by atoms with van der Waals surface area (Å²) < 4.78 is 5.68. The summed E-state index contributed by atoms with van der Waals surface area (Å²) in [5.74, 6) is 0.590. The Kier molecular flexibility index (Phi) is 2.04. The van der Waals surface area contributed by atoms with Crippen LogP contribution >= 0.6 is 0 Å². The van der Waals surface area contributed by atoms with Crippen molar-refractivity contribution in [2.75, 3.05) is 26.2 Å². The van der Waals surface area contributed by atoms with Gasteiger partial charge in [0.05, 0.1) is 6.54 Å². The van der Waals surface area contributed by atoms with Crippen LogP contribution in [0.5, 0.6) is 0 Å². The second kappa shape index (κ2) is 2.96. The molecule has 0 aromatic carbocycles. The minimum atomic E-state index is -0.217. The molecule has 2 aliphatic rings. The van der Waals surface area contributed by atoms with Gasteiger partial charge in [0, 0.05) is 32.5 Å². The van der Waals surface area contributed by atoms with E-state index in [1.165, 1.54) is 0 Å². The van der Waals surface area contributed by atoms with E-state index < -0.39 is 0 Å². The van der Waals surface area contributed by atoms with Gasteiger partial charge in [0.1, 0.15) is 5.60 Å². The first-order chi connectivity index (χ1) is 6.18. The Balaban J connectivity index is 2.13. The number of nitrogens with two attached hydrogens (primary N) is 1. The lowest BCUT2D eigenvalue weighted by Crippen LogP contribution is -2.44. The standard InChI is InChI=1S/C9H16N2O2/c1-7(12)11-4-8-2-3-13-9(8,5-10)6-11/h8H,2-6,10H2,1H3. The van der Waals surface area contributed by atoms with Crippen LogP contribution in [-0.4, -0.2) is 42.6 Å². The summed E-state index contributed by atoms with van der Waals surface area (Å²) in [6.45, 7) is 4.44. The van der Waals surface area contributed by atoms with Gasteiger partial charge in [-0.15, -0.1) is 0 Å². The summed E-state index contributed by atoms with van der Waals surface area (Å²) in [4.78, 5) is 13.0. The molecule has 0 bridgehead atoms. The zero-order valence-electron chi connectivity index (χ0n) is 7.95. The molecule has 2 heterocycles. The summed E-state index contributed by atoms with van der Waals surface area (Å²) in [6.07, 6.45) is 1.04. The molecular weight excluding hydrogens is 168 g/mol. The number of amides is 1. The third kappa shape index (κ3) is 1.25. The summed E-state index contributed by atoms with van der Waals surface area (Å²) in [7, 11) is 0. The van der Waals surface area contributed by atoms with Crippen molar-refractivity contribution in [3.63, 3.8) is 0 Å². The molecule has 0 aromatic heterocycles. The fourth-order valence-electron chi connectivity index (χ4n) is 2.40. The summed E-state index contributed by atoms with van der Waals surface area (Å²) in [5.41, 5.74) is 5.49. The van der Waals surface area contributed by atoms with Gasteiger partial charge in [-0.3, -0.25) is 4.79 Å². The van der Waals surface area contributed by atoms with E-state index in [1.54, 1.807) is 6.92 Å². The third-order valence-corrected chi connectivity index (χ3v) is 3.29. The molecule has 13 heavy (non-hydrogen) atoms. The number of carbonyl (C=O) groups excluding carboxylic acids is 1. The lowest BCUT2D eigenvalue weighted by Gasteiger charge is -2.25. The highest BCUT2D eigenvalue weighted by Crippen LogP contribution is 2.38. The van der Waals surface area contributed by atoms with Crippen molar-refractivity contribution in [1.82, 2.24) is 4.90 Å². The maximum Gasteiger partial charge on any atom is 0.219 e. The highest BCUT2D eigenvalue weighted by Gasteiger charge is 2.50. The average molecular weight is 184 g/mol. The monoisotopic (exact) mass is 184 g/mol. The van der Waals surface area contributed by atoms with E-state index in [-0.39, 0.29) is 11.5 Å². The lowest BCUT2D eigenvalue weighted by atomic mass is 9.91. The first-order valence-corrected chi connectivity index (χ1v) is 4.77. The van der Waals surface area contributed by atoms with Gasteiger partial charge in [-0.05, 0) is 6.42 Å². The van der Waals surface area contributed by atoms with Crippen molar-refractivity contribution in [1.29, 1.82) is 0 Å². The predicted octanol–water partition coefficient (Wildman–Crippen LogP) is -0.417. The fourth-order valence-corrected chi connectivity index (χ4v) is 2.40. The van der Waals surface area contributed by atoms with Crippen LogP contribution in [0.2, 0.25) is 0 Å². The second-order valence-electron chi connectivity index (χ2n) is 4.00. The molecular formula is C9H16N2O2. The minimum absolute atomic E-state index is 0.130. The molecule has 0 aliphatic carbocycles. The van der Waals surface area contributed by atoms with Crippen molar-refractivity contribution in [2.45, 2.75) is 18.9 Å². The lowest BCUT2D eigenvalue weighted by molar-refractivity contribution is -0.129. The maximum atomic E-state index is 11.2. The van der Waals surface area contributed by atoms with Crippen LogP contribution in [0.15, 0.2) is 0 Å². The molecule has 0 saturated carbocycles. The summed E-state index contributed by atoms with van der Waals surface area (Å²) in [6, 6.07) is 0. The molecule has 2 aliphatic heterocycles. The molecule has 2 rings (SSSR count). The highest BCUT2D eigenvalue weighted by atomic mass is 16.5. The third-order valence-electron chi connectivity index (χ3n) is 3.29. The van der Waals surface area contributed by atoms with Crippen molar-refractivity contribution < 1.29 is 9.53 Å². The molecule has 0 radical (unpaired) electrons. The minimum Gasteiger partial charge on any atom is -0.371 e. The highest BCUT2D eigenvalue weighted by molar-refractivity contribution is 5.73. The molecule has 4 nitrogen and oxygen atoms in total. The number of hydrogen-bond acceptors (Lipinski definition) is 3. The van der Waals surface area contributed by atoms with E-state index in [0.717, 1.165) is 19.6 Å². The topological polar surface area (TPSA) is 55.6 Å². The van der Waals surface area contributed by atoms with Gasteiger partial charge in [0.2, 0.25) is 5.91 Å². The number of ether oxygens (including phenoxy) is 1. The molecule has 74 valence electrons. The van der Waals surface area contributed by atoms with Crippen LogP contribution in [0.3, 0.4) is 0 Å². The number of likely N-dealkylation sites (tertiary alicyclic amines) is 1. The molecule has 2 N–H and O–H groups in total. The van der Waals surface area contributed by atoms with Crippen molar-refractivity contribution in [3.05, 3.63) is 0 Å². The molecule has 2 fully saturated rings. The number of nitrogens with zero attached hydrogens (tertiary/aromatic N) is 1. The molecule has 2 atom stereocenters. The van der Waals surface area contributed by atoms with E-state index in [2.05, 4.69) is 0 Å². The zero-order chi connectivity index (χ0) is 9.47. The SMILES string of the molecule is CC(=O)N1CC2CCOC2(CN)C1. The van der Waals surface area contributed by atoms with Crippen molar-refractivity contribution in [2.24, 2.45) is 11.7 Å². The summed E-state index contributed by atoms with van der Waals surface area (Å²) in [5, 5.41) is 0. The van der Waals surface area contributed by atoms with Gasteiger partial charge in [0.25, 0.3) is 0 Å². The Hall–Kier alpha value is -0.610. The van der Waals surface area contributed by atoms with Crippen LogP contribution in [0.25, 0.3) is 0 Å². The average Bonchev–Trinajstić information content (AvgIpc) is 2.58. The molecule has 2 saturated heterocycles. The molecule has 0 spiro atoms. The molecule has 4 heteroatoms. The number of fused-ring (bicyclic) bond motifs is 1. The quantitative estimate of drug-likeness (QED) is 0.602. The Bertz CT molecular complexity index is 232. The van der Waals surface area contributed by atoms with Crippen LogP contribution in [0.1, 0.15) is 13.3 Å². The first kappa shape index (κ1) is 8.97. The van der Waals surface area contributed by atoms with Crippen LogP contribution < -0.4 is 5.73 Å². The molecule has 1 amide bonds. The second-order valence-corrected chi connectivity index (χ2v) is 4.00. The largest absolute Gasteiger partial charge is 0.371 e. The van der Waals surface area contributed by atoms with Gasteiger partial charge in [-0.2, -0.15) is 0 Å². The Labute approximate surface area is 78.0 Å². The van der Waals surface area contributed by atoms with E-state index in [4.69, 9.17) is 10.5 Å². The number of rotatable bonds is 1.